The van der Waals surface area contributed by atoms with Crippen molar-refractivity contribution in [3.8, 4) is 0 Å². The summed E-state index contributed by atoms with van der Waals surface area (Å²) in [5.74, 6) is -0.733. The van der Waals surface area contributed by atoms with Crippen molar-refractivity contribution < 1.29 is 13.9 Å². The van der Waals surface area contributed by atoms with E-state index in [0.29, 0.717) is 6.54 Å². The van der Waals surface area contributed by atoms with Crippen LogP contribution in [0, 0.1) is 11.7 Å². The lowest BCUT2D eigenvalue weighted by atomic mass is 10.1. The summed E-state index contributed by atoms with van der Waals surface area (Å²) in [7, 11) is 1.39. The number of nitrogens with zero attached hydrogens (tertiary/aromatic N) is 1. The van der Waals surface area contributed by atoms with Gasteiger partial charge in [-0.25, -0.2) is 4.39 Å². The normalized spacial score (nSPS) is 19.5. The molecule has 1 unspecified atom stereocenters. The minimum absolute atomic E-state index is 0.101. The Morgan fingerprint density at radius 2 is 2.35 bits per heavy atom. The molecule has 1 fully saturated rings. The van der Waals surface area contributed by atoms with Gasteiger partial charge >= 0.3 is 5.97 Å². The zero-order chi connectivity index (χ0) is 12.4. The Labute approximate surface area is 104 Å². The van der Waals surface area contributed by atoms with E-state index in [0.717, 1.165) is 18.7 Å². The number of carbonyl (C=O) groups is 1. The van der Waals surface area contributed by atoms with Gasteiger partial charge in [0.15, 0.2) is 0 Å². The first-order chi connectivity index (χ1) is 8.11. The van der Waals surface area contributed by atoms with Gasteiger partial charge in [0.05, 0.1) is 18.1 Å². The average molecular weight is 258 g/mol. The molecule has 1 aliphatic heterocycles. The zero-order valence-electron chi connectivity index (χ0n) is 9.45. The largest absolute Gasteiger partial charge is 0.469 e. The summed E-state index contributed by atoms with van der Waals surface area (Å²) in [6, 6.07) is 4.58. The van der Waals surface area contributed by atoms with Crippen LogP contribution in [-0.2, 0) is 9.53 Å². The van der Waals surface area contributed by atoms with Crippen molar-refractivity contribution in [1.82, 2.24) is 0 Å². The second-order valence-corrected chi connectivity index (χ2v) is 4.46. The standard InChI is InChI=1S/C12H13ClFNO2/c1-17-12(16)8-4-5-15(7-8)9-2-3-11(14)10(13)6-9/h2-3,6,8H,4-5,7H2,1H3. The summed E-state index contributed by atoms with van der Waals surface area (Å²) in [6.45, 7) is 1.34. The van der Waals surface area contributed by atoms with Crippen LogP contribution < -0.4 is 4.90 Å². The monoisotopic (exact) mass is 257 g/mol. The lowest BCUT2D eigenvalue weighted by molar-refractivity contribution is -0.144. The predicted molar refractivity (Wildman–Crippen MR) is 63.7 cm³/mol. The van der Waals surface area contributed by atoms with Crippen molar-refractivity contribution in [1.29, 1.82) is 0 Å². The number of anilines is 1. The van der Waals surface area contributed by atoms with Gasteiger partial charge in [-0.15, -0.1) is 0 Å². The fourth-order valence-corrected chi connectivity index (χ4v) is 2.21. The van der Waals surface area contributed by atoms with Crippen molar-refractivity contribution in [3.63, 3.8) is 0 Å². The highest BCUT2D eigenvalue weighted by Gasteiger charge is 2.29. The number of esters is 1. The molecular formula is C12H13ClFNO2. The van der Waals surface area contributed by atoms with E-state index in [-0.39, 0.29) is 16.9 Å². The molecule has 0 N–H and O–H groups in total. The number of hydrogen-bond acceptors (Lipinski definition) is 3. The van der Waals surface area contributed by atoms with E-state index >= 15 is 0 Å². The number of carbonyl (C=O) groups excluding carboxylic acids is 1. The van der Waals surface area contributed by atoms with Crippen LogP contribution in [0.4, 0.5) is 10.1 Å². The Bertz CT molecular complexity index is 439. The predicted octanol–water partition coefficient (Wildman–Crippen LogP) is 2.48. The van der Waals surface area contributed by atoms with Crippen LogP contribution in [0.25, 0.3) is 0 Å². The van der Waals surface area contributed by atoms with Gasteiger partial charge < -0.3 is 9.64 Å². The van der Waals surface area contributed by atoms with Gasteiger partial charge in [0, 0.05) is 18.8 Å². The molecule has 1 aliphatic rings. The second-order valence-electron chi connectivity index (χ2n) is 4.05. The highest BCUT2D eigenvalue weighted by Crippen LogP contribution is 2.27. The third-order valence-corrected chi connectivity index (χ3v) is 3.28. The number of halogens is 2. The third kappa shape index (κ3) is 2.52. The van der Waals surface area contributed by atoms with Crippen molar-refractivity contribution in [2.75, 3.05) is 25.1 Å². The Morgan fingerprint density at radius 3 is 3.00 bits per heavy atom. The molecule has 1 saturated heterocycles. The third-order valence-electron chi connectivity index (χ3n) is 2.99. The number of benzene rings is 1. The van der Waals surface area contributed by atoms with Crippen LogP contribution >= 0.6 is 11.6 Å². The van der Waals surface area contributed by atoms with Gasteiger partial charge in [-0.2, -0.15) is 0 Å². The molecule has 0 saturated carbocycles. The van der Waals surface area contributed by atoms with Gasteiger partial charge in [-0.1, -0.05) is 11.6 Å². The Balaban J connectivity index is 2.10. The molecular weight excluding hydrogens is 245 g/mol. The topological polar surface area (TPSA) is 29.5 Å². The summed E-state index contributed by atoms with van der Waals surface area (Å²) in [5.41, 5.74) is 0.836. The summed E-state index contributed by atoms with van der Waals surface area (Å²) in [5, 5.41) is 0.101. The van der Waals surface area contributed by atoms with Gasteiger partial charge in [0.2, 0.25) is 0 Å². The molecule has 3 nitrogen and oxygen atoms in total. The molecule has 0 spiro atoms. The van der Waals surface area contributed by atoms with Gasteiger partial charge in [-0.3, -0.25) is 4.79 Å². The first-order valence-electron chi connectivity index (χ1n) is 5.39. The fourth-order valence-electron chi connectivity index (χ4n) is 2.04. The zero-order valence-corrected chi connectivity index (χ0v) is 10.2. The average Bonchev–Trinajstić information content (AvgIpc) is 2.81. The molecule has 1 aromatic rings. The lowest BCUT2D eigenvalue weighted by Crippen LogP contribution is -2.23. The summed E-state index contributed by atoms with van der Waals surface area (Å²) < 4.78 is 17.7. The van der Waals surface area contributed by atoms with Crippen LogP contribution in [0.1, 0.15) is 6.42 Å². The molecule has 92 valence electrons. The van der Waals surface area contributed by atoms with Crippen LogP contribution in [0.5, 0.6) is 0 Å². The minimum Gasteiger partial charge on any atom is -0.469 e. The first kappa shape index (κ1) is 12.2. The lowest BCUT2D eigenvalue weighted by Gasteiger charge is -2.18. The number of rotatable bonds is 2. The maximum absolute atomic E-state index is 13.0. The second kappa shape index (κ2) is 4.92. The van der Waals surface area contributed by atoms with E-state index in [9.17, 15) is 9.18 Å². The molecule has 0 amide bonds. The fraction of sp³-hybridized carbons (Fsp3) is 0.417. The number of hydrogen-bond donors (Lipinski definition) is 0. The molecule has 1 heterocycles. The molecule has 0 bridgehead atoms. The van der Waals surface area contributed by atoms with Crippen molar-refractivity contribution in [3.05, 3.63) is 29.0 Å². The Morgan fingerprint density at radius 1 is 1.59 bits per heavy atom. The Hall–Kier alpha value is -1.29. The molecule has 1 aromatic carbocycles. The minimum atomic E-state index is -0.431. The van der Waals surface area contributed by atoms with Crippen LogP contribution in [0.3, 0.4) is 0 Å². The maximum Gasteiger partial charge on any atom is 0.310 e. The van der Waals surface area contributed by atoms with E-state index in [4.69, 9.17) is 16.3 Å². The van der Waals surface area contributed by atoms with E-state index < -0.39 is 5.82 Å². The van der Waals surface area contributed by atoms with Crippen molar-refractivity contribution in [2.24, 2.45) is 5.92 Å². The quantitative estimate of drug-likeness (QED) is 0.763. The van der Waals surface area contributed by atoms with Crippen LogP contribution in [0.2, 0.25) is 5.02 Å². The van der Waals surface area contributed by atoms with Crippen LogP contribution in [-0.4, -0.2) is 26.2 Å². The summed E-state index contributed by atoms with van der Waals surface area (Å²) in [4.78, 5) is 13.4. The molecule has 0 aliphatic carbocycles. The summed E-state index contributed by atoms with van der Waals surface area (Å²) in [6.07, 6.45) is 0.752. The maximum atomic E-state index is 13.0. The SMILES string of the molecule is COC(=O)C1CCN(c2ccc(F)c(Cl)c2)C1. The number of ether oxygens (including phenoxy) is 1. The van der Waals surface area contributed by atoms with Crippen LogP contribution in [0.15, 0.2) is 18.2 Å². The first-order valence-corrected chi connectivity index (χ1v) is 5.77. The van der Waals surface area contributed by atoms with E-state index in [2.05, 4.69) is 0 Å². The molecule has 5 heteroatoms. The highest BCUT2D eigenvalue weighted by atomic mass is 35.5. The van der Waals surface area contributed by atoms with Crippen molar-refractivity contribution in [2.45, 2.75) is 6.42 Å². The molecule has 1 atom stereocenters. The Kier molecular flexibility index (Phi) is 3.52. The highest BCUT2D eigenvalue weighted by molar-refractivity contribution is 6.31. The van der Waals surface area contributed by atoms with Gasteiger partial charge in [0.25, 0.3) is 0 Å². The number of methoxy groups -OCH3 is 1. The smallest absolute Gasteiger partial charge is 0.310 e. The van der Waals surface area contributed by atoms with Crippen molar-refractivity contribution >= 4 is 23.3 Å². The van der Waals surface area contributed by atoms with E-state index in [1.807, 2.05) is 4.90 Å². The molecule has 17 heavy (non-hydrogen) atoms. The molecule has 0 radical (unpaired) electrons. The summed E-state index contributed by atoms with van der Waals surface area (Å²) >= 11 is 5.73. The van der Waals surface area contributed by atoms with E-state index in [1.54, 1.807) is 12.1 Å². The molecule has 2 rings (SSSR count). The van der Waals surface area contributed by atoms with E-state index in [1.165, 1.54) is 13.2 Å². The van der Waals surface area contributed by atoms with Gasteiger partial charge in [0.1, 0.15) is 5.82 Å². The van der Waals surface area contributed by atoms with Gasteiger partial charge in [-0.05, 0) is 24.6 Å². The molecule has 0 aromatic heterocycles.